The van der Waals surface area contributed by atoms with Crippen LogP contribution < -0.4 is 10.1 Å². The number of hydrogen-bond donors (Lipinski definition) is 1. The first kappa shape index (κ1) is 17.1. The molecule has 0 bridgehead atoms. The fraction of sp³-hybridized carbons (Fsp3) is 0.389. The SMILES string of the molecule is COc1ccc(-n2nc(-c3csc(C)n3)nc2C[C@@H]2CNCCO2)cc1. The van der Waals surface area contributed by atoms with Gasteiger partial charge >= 0.3 is 0 Å². The lowest BCUT2D eigenvalue weighted by Crippen LogP contribution is -2.40. The van der Waals surface area contributed by atoms with E-state index in [0.29, 0.717) is 12.2 Å². The Balaban J connectivity index is 1.69. The second-order valence-electron chi connectivity index (χ2n) is 6.11. The van der Waals surface area contributed by atoms with E-state index in [1.807, 2.05) is 41.3 Å². The van der Waals surface area contributed by atoms with Gasteiger partial charge in [-0.1, -0.05) is 0 Å². The van der Waals surface area contributed by atoms with Crippen LogP contribution in [0.4, 0.5) is 0 Å². The number of nitrogens with zero attached hydrogens (tertiary/aromatic N) is 4. The van der Waals surface area contributed by atoms with Gasteiger partial charge in [-0.2, -0.15) is 0 Å². The lowest BCUT2D eigenvalue weighted by Gasteiger charge is -2.23. The summed E-state index contributed by atoms with van der Waals surface area (Å²) in [5.74, 6) is 2.32. The van der Waals surface area contributed by atoms with Crippen molar-refractivity contribution in [1.82, 2.24) is 25.1 Å². The van der Waals surface area contributed by atoms with Crippen LogP contribution in [0.1, 0.15) is 10.8 Å². The molecule has 0 radical (unpaired) electrons. The van der Waals surface area contributed by atoms with E-state index in [4.69, 9.17) is 19.6 Å². The van der Waals surface area contributed by atoms with Crippen molar-refractivity contribution >= 4 is 11.3 Å². The Morgan fingerprint density at radius 1 is 1.31 bits per heavy atom. The summed E-state index contributed by atoms with van der Waals surface area (Å²) in [5, 5.41) is 11.1. The third-order valence-electron chi connectivity index (χ3n) is 4.25. The smallest absolute Gasteiger partial charge is 0.201 e. The van der Waals surface area contributed by atoms with E-state index in [1.54, 1.807) is 18.4 Å². The summed E-state index contributed by atoms with van der Waals surface area (Å²) in [4.78, 5) is 9.28. The summed E-state index contributed by atoms with van der Waals surface area (Å²) in [6.07, 6.45) is 0.782. The van der Waals surface area contributed by atoms with Crippen LogP contribution in [0.2, 0.25) is 0 Å². The summed E-state index contributed by atoms with van der Waals surface area (Å²) >= 11 is 1.60. The molecule has 3 aromatic rings. The van der Waals surface area contributed by atoms with E-state index in [0.717, 1.165) is 47.7 Å². The Kier molecular flexibility index (Phi) is 4.96. The van der Waals surface area contributed by atoms with Crippen LogP contribution in [0.15, 0.2) is 29.6 Å². The molecule has 7 nitrogen and oxygen atoms in total. The number of rotatable bonds is 5. The quantitative estimate of drug-likeness (QED) is 0.741. The van der Waals surface area contributed by atoms with Gasteiger partial charge in [0.25, 0.3) is 0 Å². The minimum absolute atomic E-state index is 0.0926. The Morgan fingerprint density at radius 3 is 2.81 bits per heavy atom. The molecular formula is C18H21N5O2S. The lowest BCUT2D eigenvalue weighted by atomic mass is 10.2. The zero-order chi connectivity index (χ0) is 17.9. The number of aromatic nitrogens is 4. The Bertz CT molecular complexity index is 868. The molecule has 4 rings (SSSR count). The summed E-state index contributed by atoms with van der Waals surface area (Å²) in [7, 11) is 1.66. The second kappa shape index (κ2) is 7.53. The minimum atomic E-state index is 0.0926. The predicted octanol–water partition coefficient (Wildman–Crippen LogP) is 2.24. The zero-order valence-electron chi connectivity index (χ0n) is 14.8. The van der Waals surface area contributed by atoms with Gasteiger partial charge in [-0.05, 0) is 31.2 Å². The zero-order valence-corrected chi connectivity index (χ0v) is 15.6. The molecule has 1 N–H and O–H groups in total. The van der Waals surface area contributed by atoms with Gasteiger partial charge in [0, 0.05) is 24.9 Å². The monoisotopic (exact) mass is 371 g/mol. The number of thiazole rings is 1. The first-order valence-electron chi connectivity index (χ1n) is 8.58. The third kappa shape index (κ3) is 3.62. The molecule has 3 heterocycles. The van der Waals surface area contributed by atoms with Gasteiger partial charge in [0.2, 0.25) is 5.82 Å². The second-order valence-corrected chi connectivity index (χ2v) is 7.18. The molecule has 0 spiro atoms. The average Bonchev–Trinajstić information content (AvgIpc) is 3.29. The van der Waals surface area contributed by atoms with Crippen molar-refractivity contribution < 1.29 is 9.47 Å². The molecule has 0 unspecified atom stereocenters. The van der Waals surface area contributed by atoms with Gasteiger partial charge in [0.15, 0.2) is 0 Å². The number of nitrogens with one attached hydrogen (secondary N) is 1. The first-order valence-corrected chi connectivity index (χ1v) is 9.46. The van der Waals surface area contributed by atoms with E-state index >= 15 is 0 Å². The maximum Gasteiger partial charge on any atom is 0.201 e. The summed E-state index contributed by atoms with van der Waals surface area (Å²) < 4.78 is 13.0. The third-order valence-corrected chi connectivity index (χ3v) is 5.03. The molecule has 26 heavy (non-hydrogen) atoms. The molecule has 1 saturated heterocycles. The van der Waals surface area contributed by atoms with Crippen molar-refractivity contribution in [3.8, 4) is 23.0 Å². The lowest BCUT2D eigenvalue weighted by molar-refractivity contribution is 0.0277. The fourth-order valence-electron chi connectivity index (χ4n) is 2.94. The first-order chi connectivity index (χ1) is 12.7. The molecule has 1 aliphatic rings. The van der Waals surface area contributed by atoms with Gasteiger partial charge in [-0.3, -0.25) is 0 Å². The van der Waals surface area contributed by atoms with E-state index in [1.165, 1.54) is 0 Å². The normalized spacial score (nSPS) is 17.4. The van der Waals surface area contributed by atoms with E-state index < -0.39 is 0 Å². The maximum atomic E-state index is 5.85. The maximum absolute atomic E-state index is 5.85. The molecule has 1 aromatic carbocycles. The fourth-order valence-corrected chi connectivity index (χ4v) is 3.53. The van der Waals surface area contributed by atoms with Gasteiger partial charge in [0.1, 0.15) is 17.3 Å². The van der Waals surface area contributed by atoms with Crippen LogP contribution >= 0.6 is 11.3 Å². The van der Waals surface area contributed by atoms with Crippen molar-refractivity contribution in [1.29, 1.82) is 0 Å². The van der Waals surface area contributed by atoms with Crippen molar-refractivity contribution in [3.63, 3.8) is 0 Å². The number of aryl methyl sites for hydroxylation is 1. The Hall–Kier alpha value is -2.29. The number of ether oxygens (including phenoxy) is 2. The minimum Gasteiger partial charge on any atom is -0.497 e. The van der Waals surface area contributed by atoms with Crippen LogP contribution in [0.25, 0.3) is 17.2 Å². The average molecular weight is 371 g/mol. The number of hydrogen-bond acceptors (Lipinski definition) is 7. The van der Waals surface area contributed by atoms with Crippen molar-refractivity contribution in [2.75, 3.05) is 26.8 Å². The topological polar surface area (TPSA) is 74.1 Å². The van der Waals surface area contributed by atoms with E-state index in [2.05, 4.69) is 10.3 Å². The molecule has 1 fully saturated rings. The van der Waals surface area contributed by atoms with Gasteiger partial charge in [0.05, 0.1) is 30.5 Å². The van der Waals surface area contributed by atoms with Gasteiger partial charge in [-0.15, -0.1) is 16.4 Å². The molecule has 2 aromatic heterocycles. The Labute approximate surface area is 156 Å². The molecule has 1 atom stereocenters. The van der Waals surface area contributed by atoms with Gasteiger partial charge < -0.3 is 14.8 Å². The van der Waals surface area contributed by atoms with Crippen LogP contribution in [-0.2, 0) is 11.2 Å². The van der Waals surface area contributed by atoms with Crippen LogP contribution in [0, 0.1) is 6.92 Å². The molecule has 136 valence electrons. The highest BCUT2D eigenvalue weighted by atomic mass is 32.1. The molecule has 0 aliphatic carbocycles. The highest BCUT2D eigenvalue weighted by Gasteiger charge is 2.21. The highest BCUT2D eigenvalue weighted by Crippen LogP contribution is 2.22. The standard InChI is InChI=1S/C18H21N5O2S/c1-12-20-16(11-26-12)18-21-17(9-15-10-19-7-8-25-15)23(22-18)13-3-5-14(24-2)6-4-13/h3-6,11,15,19H,7-10H2,1-2H3/t15-/m1/s1. The summed E-state index contributed by atoms with van der Waals surface area (Å²) in [6, 6.07) is 7.80. The summed E-state index contributed by atoms with van der Waals surface area (Å²) in [5.41, 5.74) is 1.75. The van der Waals surface area contributed by atoms with E-state index in [-0.39, 0.29) is 6.10 Å². The van der Waals surface area contributed by atoms with Crippen molar-refractivity contribution in [2.24, 2.45) is 0 Å². The van der Waals surface area contributed by atoms with Crippen molar-refractivity contribution in [2.45, 2.75) is 19.4 Å². The molecule has 1 aliphatic heterocycles. The predicted molar refractivity (Wildman–Crippen MR) is 100 cm³/mol. The molecule has 8 heteroatoms. The van der Waals surface area contributed by atoms with Crippen molar-refractivity contribution in [3.05, 3.63) is 40.5 Å². The van der Waals surface area contributed by atoms with Crippen LogP contribution in [0.5, 0.6) is 5.75 Å². The van der Waals surface area contributed by atoms with Crippen LogP contribution in [-0.4, -0.2) is 52.7 Å². The molecule has 0 amide bonds. The van der Waals surface area contributed by atoms with Crippen LogP contribution in [0.3, 0.4) is 0 Å². The number of benzene rings is 1. The Morgan fingerprint density at radius 2 is 2.15 bits per heavy atom. The molecular weight excluding hydrogens is 350 g/mol. The number of methoxy groups -OCH3 is 1. The highest BCUT2D eigenvalue weighted by molar-refractivity contribution is 7.09. The van der Waals surface area contributed by atoms with E-state index in [9.17, 15) is 0 Å². The molecule has 0 saturated carbocycles. The summed E-state index contributed by atoms with van der Waals surface area (Å²) in [6.45, 7) is 4.42. The number of morpholine rings is 1. The largest absolute Gasteiger partial charge is 0.497 e. The van der Waals surface area contributed by atoms with Gasteiger partial charge in [-0.25, -0.2) is 14.6 Å².